The standard InChI is InChI=1S/C18H26N2O3/c1-13(2)12-16(18(22)20-8-10-23-11-9-20)19-17(21)15-7-5-4-6-14(15)3/h4-7,13,16H,8-12H2,1-3H3,(H,19,21)/t16-/m0/s1. The molecule has 1 saturated heterocycles. The van der Waals surface area contributed by atoms with Crippen molar-refractivity contribution in [1.82, 2.24) is 10.2 Å². The highest BCUT2D eigenvalue weighted by atomic mass is 16.5. The molecule has 1 aliphatic heterocycles. The molecule has 2 amide bonds. The Morgan fingerprint density at radius 1 is 1.22 bits per heavy atom. The van der Waals surface area contributed by atoms with E-state index in [-0.39, 0.29) is 11.8 Å². The summed E-state index contributed by atoms with van der Waals surface area (Å²) < 4.78 is 5.30. The van der Waals surface area contributed by atoms with Gasteiger partial charge in [-0.15, -0.1) is 0 Å². The van der Waals surface area contributed by atoms with E-state index in [2.05, 4.69) is 19.2 Å². The lowest BCUT2D eigenvalue weighted by Gasteiger charge is -2.31. The molecule has 0 aliphatic carbocycles. The number of benzene rings is 1. The lowest BCUT2D eigenvalue weighted by molar-refractivity contribution is -0.137. The van der Waals surface area contributed by atoms with Crippen molar-refractivity contribution in [3.63, 3.8) is 0 Å². The number of hydrogen-bond acceptors (Lipinski definition) is 3. The fraction of sp³-hybridized carbons (Fsp3) is 0.556. The summed E-state index contributed by atoms with van der Waals surface area (Å²) in [6.45, 7) is 8.31. The molecule has 1 fully saturated rings. The zero-order chi connectivity index (χ0) is 16.8. The van der Waals surface area contributed by atoms with E-state index < -0.39 is 6.04 Å². The average Bonchev–Trinajstić information content (AvgIpc) is 2.54. The zero-order valence-corrected chi connectivity index (χ0v) is 14.2. The summed E-state index contributed by atoms with van der Waals surface area (Å²) >= 11 is 0. The van der Waals surface area contributed by atoms with E-state index in [1.54, 1.807) is 11.0 Å². The molecule has 1 atom stereocenters. The van der Waals surface area contributed by atoms with Crippen molar-refractivity contribution in [3.8, 4) is 0 Å². The summed E-state index contributed by atoms with van der Waals surface area (Å²) in [4.78, 5) is 27.1. The molecule has 5 heteroatoms. The van der Waals surface area contributed by atoms with Gasteiger partial charge in [0.15, 0.2) is 0 Å². The van der Waals surface area contributed by atoms with Crippen LogP contribution >= 0.6 is 0 Å². The molecule has 0 saturated carbocycles. The molecule has 1 N–H and O–H groups in total. The number of rotatable bonds is 5. The van der Waals surface area contributed by atoms with Crippen LogP contribution in [0.1, 0.15) is 36.2 Å². The molecule has 1 aromatic carbocycles. The predicted octanol–water partition coefficient (Wildman–Crippen LogP) is 2.00. The van der Waals surface area contributed by atoms with Crippen molar-refractivity contribution in [2.45, 2.75) is 33.2 Å². The molecule has 0 radical (unpaired) electrons. The summed E-state index contributed by atoms with van der Waals surface area (Å²) in [5.41, 5.74) is 1.53. The predicted molar refractivity (Wildman–Crippen MR) is 89.3 cm³/mol. The van der Waals surface area contributed by atoms with Crippen LogP contribution in [0.2, 0.25) is 0 Å². The smallest absolute Gasteiger partial charge is 0.252 e. The number of nitrogens with one attached hydrogen (secondary N) is 1. The Balaban J connectivity index is 2.10. The van der Waals surface area contributed by atoms with Gasteiger partial charge < -0.3 is 15.0 Å². The van der Waals surface area contributed by atoms with E-state index in [0.29, 0.717) is 44.2 Å². The third kappa shape index (κ3) is 4.79. The van der Waals surface area contributed by atoms with E-state index in [0.717, 1.165) is 5.56 Å². The molecule has 1 aromatic rings. The molecule has 1 aliphatic rings. The van der Waals surface area contributed by atoms with Crippen LogP contribution in [0.4, 0.5) is 0 Å². The van der Waals surface area contributed by atoms with Gasteiger partial charge in [0, 0.05) is 18.7 Å². The average molecular weight is 318 g/mol. The van der Waals surface area contributed by atoms with Crippen molar-refractivity contribution in [2.75, 3.05) is 26.3 Å². The second kappa shape index (κ2) is 8.11. The Hall–Kier alpha value is -1.88. The van der Waals surface area contributed by atoms with E-state index in [9.17, 15) is 9.59 Å². The van der Waals surface area contributed by atoms with Crippen LogP contribution in [0.25, 0.3) is 0 Å². The third-order valence-electron chi connectivity index (χ3n) is 4.02. The highest BCUT2D eigenvalue weighted by Crippen LogP contribution is 2.12. The van der Waals surface area contributed by atoms with Crippen LogP contribution < -0.4 is 5.32 Å². The topological polar surface area (TPSA) is 58.6 Å². The maximum atomic E-state index is 12.7. The van der Waals surface area contributed by atoms with Gasteiger partial charge in [-0.05, 0) is 30.9 Å². The molecule has 0 spiro atoms. The lowest BCUT2D eigenvalue weighted by atomic mass is 10.0. The van der Waals surface area contributed by atoms with Gasteiger partial charge >= 0.3 is 0 Å². The van der Waals surface area contributed by atoms with Crippen LogP contribution in [0, 0.1) is 12.8 Å². The normalized spacial score (nSPS) is 16.3. The Labute approximate surface area is 138 Å². The summed E-state index contributed by atoms with van der Waals surface area (Å²) in [7, 11) is 0. The minimum absolute atomic E-state index is 0.0102. The second-order valence-corrected chi connectivity index (χ2v) is 6.41. The van der Waals surface area contributed by atoms with E-state index >= 15 is 0 Å². The third-order valence-corrected chi connectivity index (χ3v) is 4.02. The molecule has 1 heterocycles. The van der Waals surface area contributed by atoms with E-state index in [1.807, 2.05) is 25.1 Å². The van der Waals surface area contributed by atoms with Crippen LogP contribution in [0.5, 0.6) is 0 Å². The maximum absolute atomic E-state index is 12.7. The van der Waals surface area contributed by atoms with E-state index in [1.165, 1.54) is 0 Å². The van der Waals surface area contributed by atoms with Gasteiger partial charge in [-0.1, -0.05) is 32.0 Å². The van der Waals surface area contributed by atoms with Gasteiger partial charge in [-0.2, -0.15) is 0 Å². The van der Waals surface area contributed by atoms with Gasteiger partial charge in [0.05, 0.1) is 13.2 Å². The fourth-order valence-corrected chi connectivity index (χ4v) is 2.76. The first-order valence-electron chi connectivity index (χ1n) is 8.22. The second-order valence-electron chi connectivity index (χ2n) is 6.41. The quantitative estimate of drug-likeness (QED) is 0.903. The fourth-order valence-electron chi connectivity index (χ4n) is 2.76. The largest absolute Gasteiger partial charge is 0.378 e. The Morgan fingerprint density at radius 2 is 1.87 bits per heavy atom. The number of carbonyl (C=O) groups is 2. The Kier molecular flexibility index (Phi) is 6.16. The first kappa shape index (κ1) is 17.5. The van der Waals surface area contributed by atoms with Gasteiger partial charge in [0.25, 0.3) is 5.91 Å². The summed E-state index contributed by atoms with van der Waals surface area (Å²) in [6.07, 6.45) is 0.633. The minimum atomic E-state index is -0.486. The van der Waals surface area contributed by atoms with Crippen molar-refractivity contribution in [1.29, 1.82) is 0 Å². The molecule has 5 nitrogen and oxygen atoms in total. The van der Waals surface area contributed by atoms with Gasteiger partial charge in [-0.3, -0.25) is 9.59 Å². The maximum Gasteiger partial charge on any atom is 0.252 e. The SMILES string of the molecule is Cc1ccccc1C(=O)N[C@@H](CC(C)C)C(=O)N1CCOCC1. The minimum Gasteiger partial charge on any atom is -0.378 e. The van der Waals surface area contributed by atoms with Crippen molar-refractivity contribution in [3.05, 3.63) is 35.4 Å². The highest BCUT2D eigenvalue weighted by molar-refractivity contribution is 5.98. The number of amides is 2. The van der Waals surface area contributed by atoms with Crippen molar-refractivity contribution >= 4 is 11.8 Å². The molecule has 126 valence electrons. The van der Waals surface area contributed by atoms with E-state index in [4.69, 9.17) is 4.74 Å². The van der Waals surface area contributed by atoms with Crippen LogP contribution in [-0.2, 0) is 9.53 Å². The highest BCUT2D eigenvalue weighted by Gasteiger charge is 2.28. The number of carbonyl (C=O) groups excluding carboxylic acids is 2. The molecule has 0 bridgehead atoms. The molecule has 0 unspecified atom stereocenters. The molecular formula is C18H26N2O3. The zero-order valence-electron chi connectivity index (χ0n) is 14.2. The van der Waals surface area contributed by atoms with Crippen LogP contribution in [0.15, 0.2) is 24.3 Å². The Bertz CT molecular complexity index is 551. The molecule has 2 rings (SSSR count). The van der Waals surface area contributed by atoms with Crippen molar-refractivity contribution in [2.24, 2.45) is 5.92 Å². The monoisotopic (exact) mass is 318 g/mol. The number of aryl methyl sites for hydroxylation is 1. The van der Waals surface area contributed by atoms with Crippen LogP contribution in [0.3, 0.4) is 0 Å². The summed E-state index contributed by atoms with van der Waals surface area (Å²) in [5, 5.41) is 2.93. The van der Waals surface area contributed by atoms with Crippen molar-refractivity contribution < 1.29 is 14.3 Å². The Morgan fingerprint density at radius 3 is 2.48 bits per heavy atom. The first-order valence-corrected chi connectivity index (χ1v) is 8.22. The molecular weight excluding hydrogens is 292 g/mol. The van der Waals surface area contributed by atoms with Gasteiger partial charge in [-0.25, -0.2) is 0 Å². The molecule has 0 aromatic heterocycles. The lowest BCUT2D eigenvalue weighted by Crippen LogP contribution is -2.52. The summed E-state index contributed by atoms with van der Waals surface area (Å²) in [5.74, 6) is 0.126. The summed E-state index contributed by atoms with van der Waals surface area (Å²) in [6, 6.07) is 6.94. The van der Waals surface area contributed by atoms with Gasteiger partial charge in [0.1, 0.15) is 6.04 Å². The van der Waals surface area contributed by atoms with Crippen LogP contribution in [-0.4, -0.2) is 49.1 Å². The number of nitrogens with zero attached hydrogens (tertiary/aromatic N) is 1. The number of morpholine rings is 1. The van der Waals surface area contributed by atoms with Gasteiger partial charge in [0.2, 0.25) is 5.91 Å². The number of hydrogen-bond donors (Lipinski definition) is 1. The number of ether oxygens (including phenoxy) is 1. The first-order chi connectivity index (χ1) is 11.0. The molecule has 23 heavy (non-hydrogen) atoms.